The minimum atomic E-state index is -0.00683. The minimum absolute atomic E-state index is 0.00683. The van der Waals surface area contributed by atoms with Gasteiger partial charge in [0.25, 0.3) is 0 Å². The summed E-state index contributed by atoms with van der Waals surface area (Å²) in [5.41, 5.74) is 3.18. The van der Waals surface area contributed by atoms with Gasteiger partial charge in [-0.15, -0.1) is 0 Å². The molecule has 0 aromatic rings. The van der Waals surface area contributed by atoms with E-state index >= 15 is 0 Å². The van der Waals surface area contributed by atoms with Crippen LogP contribution in [0.4, 0.5) is 0 Å². The number of hydrogen-bond donors (Lipinski definition) is 1. The Bertz CT molecular complexity index is 263. The molecule has 1 aliphatic rings. The average Bonchev–Trinajstić information content (AvgIpc) is 2.35. The van der Waals surface area contributed by atoms with Crippen molar-refractivity contribution in [1.29, 1.82) is 0 Å². The van der Waals surface area contributed by atoms with E-state index in [4.69, 9.17) is 4.84 Å². The number of nitrogens with one attached hydrogen (secondary N) is 1. The van der Waals surface area contributed by atoms with Crippen molar-refractivity contribution >= 4 is 5.78 Å². The van der Waals surface area contributed by atoms with Gasteiger partial charge < -0.3 is 0 Å². The molecule has 0 amide bonds. The predicted octanol–water partition coefficient (Wildman–Crippen LogP) is 4.16. The first-order valence-corrected chi connectivity index (χ1v) is 7.98. The quantitative estimate of drug-likeness (QED) is 0.762. The Morgan fingerprint density at radius 1 is 1.21 bits per heavy atom. The van der Waals surface area contributed by atoms with E-state index in [1.807, 2.05) is 0 Å². The molecule has 3 heteroatoms. The number of Topliss-reactive ketones (excluding diaryl/α,β-unsaturated/α-hetero) is 1. The Labute approximate surface area is 118 Å². The van der Waals surface area contributed by atoms with Crippen LogP contribution >= 0.6 is 0 Å². The summed E-state index contributed by atoms with van der Waals surface area (Å²) in [5.74, 6) is 0.363. The SMILES string of the molecule is CCCC(C)(C)NOC1CCCCCCCC(=O)C1. The summed E-state index contributed by atoms with van der Waals surface area (Å²) in [5, 5.41) is 0. The van der Waals surface area contributed by atoms with Crippen molar-refractivity contribution in [1.82, 2.24) is 5.48 Å². The number of carbonyl (C=O) groups is 1. The Balaban J connectivity index is 2.40. The molecule has 3 nitrogen and oxygen atoms in total. The van der Waals surface area contributed by atoms with Crippen LogP contribution < -0.4 is 5.48 Å². The van der Waals surface area contributed by atoms with Gasteiger partial charge in [0, 0.05) is 18.4 Å². The highest BCUT2D eigenvalue weighted by molar-refractivity contribution is 5.78. The monoisotopic (exact) mass is 269 g/mol. The van der Waals surface area contributed by atoms with Crippen molar-refractivity contribution in [2.75, 3.05) is 0 Å². The predicted molar refractivity (Wildman–Crippen MR) is 78.9 cm³/mol. The van der Waals surface area contributed by atoms with Gasteiger partial charge in [-0.3, -0.25) is 9.63 Å². The van der Waals surface area contributed by atoms with Crippen molar-refractivity contribution in [3.63, 3.8) is 0 Å². The van der Waals surface area contributed by atoms with Crippen molar-refractivity contribution in [2.45, 2.75) is 96.6 Å². The van der Waals surface area contributed by atoms with Crippen molar-refractivity contribution in [3.8, 4) is 0 Å². The Hall–Kier alpha value is -0.410. The van der Waals surface area contributed by atoms with Gasteiger partial charge in [0.1, 0.15) is 5.78 Å². The summed E-state index contributed by atoms with van der Waals surface area (Å²) < 4.78 is 0. The summed E-state index contributed by atoms with van der Waals surface area (Å²) in [6, 6.07) is 0. The first-order valence-electron chi connectivity index (χ1n) is 7.98. The molecule has 0 aliphatic heterocycles. The molecule has 0 aromatic carbocycles. The van der Waals surface area contributed by atoms with Gasteiger partial charge in [0.05, 0.1) is 6.10 Å². The number of ketones is 1. The fraction of sp³-hybridized carbons (Fsp3) is 0.938. The third-order valence-corrected chi connectivity index (χ3v) is 3.81. The molecule has 1 N–H and O–H groups in total. The Morgan fingerprint density at radius 2 is 1.89 bits per heavy atom. The number of hydrogen-bond acceptors (Lipinski definition) is 3. The van der Waals surface area contributed by atoms with Crippen LogP contribution in [-0.2, 0) is 9.63 Å². The molecular weight excluding hydrogens is 238 g/mol. The second kappa shape index (κ2) is 8.70. The van der Waals surface area contributed by atoms with Crippen LogP contribution in [0.3, 0.4) is 0 Å². The lowest BCUT2D eigenvalue weighted by atomic mass is 9.98. The summed E-state index contributed by atoms with van der Waals surface area (Å²) >= 11 is 0. The topological polar surface area (TPSA) is 38.3 Å². The molecular formula is C16H31NO2. The molecule has 19 heavy (non-hydrogen) atoms. The maximum absolute atomic E-state index is 11.9. The second-order valence-corrected chi connectivity index (χ2v) is 6.53. The van der Waals surface area contributed by atoms with Gasteiger partial charge in [-0.1, -0.05) is 39.0 Å². The van der Waals surface area contributed by atoms with E-state index in [-0.39, 0.29) is 11.6 Å². The fourth-order valence-corrected chi connectivity index (χ4v) is 2.70. The summed E-state index contributed by atoms with van der Waals surface area (Å²) in [6.45, 7) is 6.48. The molecule has 0 radical (unpaired) electrons. The molecule has 0 saturated heterocycles. The zero-order chi connectivity index (χ0) is 14.1. The van der Waals surface area contributed by atoms with Gasteiger partial charge in [-0.05, 0) is 33.1 Å². The van der Waals surface area contributed by atoms with Crippen LogP contribution in [0.25, 0.3) is 0 Å². The maximum Gasteiger partial charge on any atom is 0.135 e. The molecule has 0 bridgehead atoms. The largest absolute Gasteiger partial charge is 0.300 e. The summed E-state index contributed by atoms with van der Waals surface area (Å²) in [7, 11) is 0. The fourth-order valence-electron chi connectivity index (χ4n) is 2.70. The van der Waals surface area contributed by atoms with E-state index in [9.17, 15) is 4.79 Å². The van der Waals surface area contributed by atoms with Crippen LogP contribution in [0.15, 0.2) is 0 Å². The lowest BCUT2D eigenvalue weighted by Gasteiger charge is -2.28. The van der Waals surface area contributed by atoms with Crippen LogP contribution in [0.5, 0.6) is 0 Å². The van der Waals surface area contributed by atoms with Crippen molar-refractivity contribution in [2.24, 2.45) is 0 Å². The van der Waals surface area contributed by atoms with Gasteiger partial charge in [0.15, 0.2) is 0 Å². The molecule has 1 atom stereocenters. The molecule has 1 fully saturated rings. The van der Waals surface area contributed by atoms with Crippen LogP contribution in [-0.4, -0.2) is 17.4 Å². The molecule has 0 spiro atoms. The molecule has 1 rings (SSSR count). The maximum atomic E-state index is 11.9. The van der Waals surface area contributed by atoms with Gasteiger partial charge in [-0.2, -0.15) is 5.48 Å². The first-order chi connectivity index (χ1) is 9.03. The van der Waals surface area contributed by atoms with E-state index in [2.05, 4.69) is 26.3 Å². The lowest BCUT2D eigenvalue weighted by molar-refractivity contribution is -0.127. The molecule has 0 heterocycles. The zero-order valence-corrected chi connectivity index (χ0v) is 13.0. The summed E-state index contributed by atoms with van der Waals surface area (Å²) in [6.07, 6.45) is 10.5. The summed E-state index contributed by atoms with van der Waals surface area (Å²) in [4.78, 5) is 17.7. The standard InChI is InChI=1S/C16H31NO2/c1-4-12-16(2,3)17-19-15-11-9-7-5-6-8-10-14(18)13-15/h15,17H,4-13H2,1-3H3. The van der Waals surface area contributed by atoms with E-state index in [1.165, 1.54) is 25.7 Å². The molecule has 1 saturated carbocycles. The van der Waals surface area contributed by atoms with Crippen LogP contribution in [0.1, 0.15) is 85.0 Å². The van der Waals surface area contributed by atoms with E-state index in [0.29, 0.717) is 12.2 Å². The molecule has 0 aromatic heterocycles. The van der Waals surface area contributed by atoms with Crippen LogP contribution in [0, 0.1) is 0 Å². The molecule has 1 unspecified atom stereocenters. The first kappa shape index (κ1) is 16.6. The van der Waals surface area contributed by atoms with E-state index in [0.717, 1.165) is 32.1 Å². The highest BCUT2D eigenvalue weighted by Gasteiger charge is 2.21. The van der Waals surface area contributed by atoms with Crippen molar-refractivity contribution in [3.05, 3.63) is 0 Å². The minimum Gasteiger partial charge on any atom is -0.300 e. The third-order valence-electron chi connectivity index (χ3n) is 3.81. The molecule has 1 aliphatic carbocycles. The highest BCUT2D eigenvalue weighted by atomic mass is 16.7. The average molecular weight is 269 g/mol. The van der Waals surface area contributed by atoms with Gasteiger partial charge in [-0.25, -0.2) is 0 Å². The smallest absolute Gasteiger partial charge is 0.135 e. The zero-order valence-electron chi connectivity index (χ0n) is 13.0. The Kier molecular flexibility index (Phi) is 7.62. The van der Waals surface area contributed by atoms with Crippen LogP contribution in [0.2, 0.25) is 0 Å². The van der Waals surface area contributed by atoms with Gasteiger partial charge in [0.2, 0.25) is 0 Å². The van der Waals surface area contributed by atoms with Gasteiger partial charge >= 0.3 is 0 Å². The van der Waals surface area contributed by atoms with E-state index in [1.54, 1.807) is 0 Å². The number of carbonyl (C=O) groups excluding carboxylic acids is 1. The van der Waals surface area contributed by atoms with E-state index < -0.39 is 0 Å². The highest BCUT2D eigenvalue weighted by Crippen LogP contribution is 2.18. The normalized spacial score (nSPS) is 23.3. The lowest BCUT2D eigenvalue weighted by Crippen LogP contribution is -2.42. The Morgan fingerprint density at radius 3 is 2.63 bits per heavy atom. The third kappa shape index (κ3) is 7.68. The molecule has 112 valence electrons. The number of hydroxylamine groups is 1. The van der Waals surface area contributed by atoms with Crippen molar-refractivity contribution < 1.29 is 9.63 Å². The number of rotatable bonds is 5. The second-order valence-electron chi connectivity index (χ2n) is 6.53.